The maximum Gasteiger partial charge on any atom is 0.108 e. The van der Waals surface area contributed by atoms with Crippen molar-refractivity contribution < 1.29 is 0 Å². The molecule has 0 unspecified atom stereocenters. The molecule has 0 bridgehead atoms. The van der Waals surface area contributed by atoms with E-state index in [1.165, 1.54) is 37.0 Å². The molecular weight excluding hydrogens is 266 g/mol. The van der Waals surface area contributed by atoms with Crippen molar-refractivity contribution in [2.45, 2.75) is 57.1 Å². The number of rotatable bonds is 4. The first-order valence-corrected chi connectivity index (χ1v) is 12.4. The third-order valence-electron chi connectivity index (χ3n) is 3.36. The molecule has 1 nitrogen and oxygen atoms in total. The second kappa shape index (κ2) is 6.75. The highest BCUT2D eigenvalue weighted by Gasteiger charge is 2.24. The van der Waals surface area contributed by atoms with Crippen LogP contribution in [0.15, 0.2) is 35.3 Å². The largest absolute Gasteiger partial charge is 0.289 e. The van der Waals surface area contributed by atoms with Gasteiger partial charge in [0.05, 0.1) is 6.54 Å². The molecule has 0 spiro atoms. The molecule has 1 fully saturated rings. The second-order valence-corrected chi connectivity index (χ2v) is 15.8. The van der Waals surface area contributed by atoms with E-state index < -0.39 is 7.22 Å². The Morgan fingerprint density at radius 1 is 1.11 bits per heavy atom. The van der Waals surface area contributed by atoms with E-state index in [0.717, 1.165) is 11.8 Å². The molecule has 2 rings (SSSR count). The third kappa shape index (κ3) is 5.53. The summed E-state index contributed by atoms with van der Waals surface area (Å²) < 4.78 is 0. The highest BCUT2D eigenvalue weighted by atomic mass is 32.4. The second-order valence-electron chi connectivity index (χ2n) is 6.30. The van der Waals surface area contributed by atoms with Crippen LogP contribution in [-0.4, -0.2) is 18.2 Å². The molecule has 1 aromatic carbocycles. The molecule has 0 saturated heterocycles. The summed E-state index contributed by atoms with van der Waals surface area (Å²) in [6.45, 7) is 8.23. The first-order chi connectivity index (χ1) is 9.03. The Morgan fingerprint density at radius 2 is 1.74 bits per heavy atom. The van der Waals surface area contributed by atoms with Gasteiger partial charge in [0.2, 0.25) is 0 Å². The zero-order chi connectivity index (χ0) is 13.7. The Morgan fingerprint density at radius 3 is 2.32 bits per heavy atom. The van der Waals surface area contributed by atoms with E-state index in [0.29, 0.717) is 0 Å². The van der Waals surface area contributed by atoms with E-state index in [9.17, 15) is 0 Å². The summed E-state index contributed by atoms with van der Waals surface area (Å²) in [7, 11) is -0.961. The lowest BCUT2D eigenvalue weighted by molar-refractivity contribution is 0.682. The monoisotopic (exact) mass is 291 g/mol. The molecule has 3 heteroatoms. The molecule has 0 aromatic heterocycles. The molecule has 1 aromatic rings. The Labute approximate surface area is 122 Å². The summed E-state index contributed by atoms with van der Waals surface area (Å²) in [5.74, 6) is 0. The van der Waals surface area contributed by atoms with E-state index >= 15 is 0 Å². The van der Waals surface area contributed by atoms with E-state index in [2.05, 4.69) is 61.2 Å². The van der Waals surface area contributed by atoms with Gasteiger partial charge in [-0.05, 0) is 36.5 Å². The maximum atomic E-state index is 4.80. The van der Waals surface area contributed by atoms with Crippen molar-refractivity contribution in [3.05, 3.63) is 35.9 Å². The first kappa shape index (κ1) is 14.9. The average Bonchev–Trinajstić information content (AvgIpc) is 2.37. The summed E-state index contributed by atoms with van der Waals surface area (Å²) in [4.78, 5) is 4.80. The Balaban J connectivity index is 1.80. The van der Waals surface area contributed by atoms with Gasteiger partial charge >= 0.3 is 0 Å². The zero-order valence-electron chi connectivity index (χ0n) is 12.4. The summed E-state index contributed by atoms with van der Waals surface area (Å²) in [6, 6.07) is 10.6. The van der Waals surface area contributed by atoms with Crippen LogP contribution in [0.4, 0.5) is 0 Å². The highest BCUT2D eigenvalue weighted by Crippen LogP contribution is 2.33. The van der Waals surface area contributed by atoms with E-state index in [1.54, 1.807) is 0 Å². The van der Waals surface area contributed by atoms with Gasteiger partial charge in [0.25, 0.3) is 0 Å². The predicted octanol–water partition coefficient (Wildman–Crippen LogP) is 5.14. The zero-order valence-corrected chi connectivity index (χ0v) is 14.2. The fourth-order valence-corrected chi connectivity index (χ4v) is 7.67. The molecule has 0 heterocycles. The number of hydrogen-bond acceptors (Lipinski definition) is 2. The first-order valence-electron chi connectivity index (χ1n) is 7.27. The van der Waals surface area contributed by atoms with Crippen molar-refractivity contribution in [3.8, 4) is 0 Å². The van der Waals surface area contributed by atoms with E-state index in [1.807, 2.05) is 0 Å². The van der Waals surface area contributed by atoms with Gasteiger partial charge in [0.15, 0.2) is 0 Å². The maximum absolute atomic E-state index is 4.80. The molecule has 0 N–H and O–H groups in total. The standard InChI is InChI=1S/C16H25NSSi/c1-19(2,3)18-16-11-9-15(10-12-16)17-13-14-7-5-4-6-8-14/h4-8,16H,9-13H2,1-3H3. The van der Waals surface area contributed by atoms with Gasteiger partial charge in [-0.2, -0.15) is 11.2 Å². The molecule has 1 aliphatic carbocycles. The van der Waals surface area contributed by atoms with Crippen molar-refractivity contribution in [2.24, 2.45) is 4.99 Å². The molecule has 104 valence electrons. The molecular formula is C16H25NSSi. The Kier molecular flexibility index (Phi) is 5.28. The lowest BCUT2D eigenvalue weighted by Crippen LogP contribution is -2.24. The minimum atomic E-state index is -0.961. The van der Waals surface area contributed by atoms with Crippen molar-refractivity contribution in [1.29, 1.82) is 0 Å². The predicted molar refractivity (Wildman–Crippen MR) is 90.8 cm³/mol. The molecule has 19 heavy (non-hydrogen) atoms. The summed E-state index contributed by atoms with van der Waals surface area (Å²) >= 11 is 2.28. The Hall–Kier alpha value is -0.543. The average molecular weight is 292 g/mol. The third-order valence-corrected chi connectivity index (χ3v) is 7.99. The number of benzene rings is 1. The van der Waals surface area contributed by atoms with Crippen LogP contribution in [0.25, 0.3) is 0 Å². The van der Waals surface area contributed by atoms with Gasteiger partial charge in [-0.3, -0.25) is 4.99 Å². The van der Waals surface area contributed by atoms with Crippen LogP contribution in [0.2, 0.25) is 19.6 Å². The number of hydrogen-bond donors (Lipinski definition) is 0. The smallest absolute Gasteiger partial charge is 0.108 e. The minimum absolute atomic E-state index is 0.863. The van der Waals surface area contributed by atoms with E-state index in [-0.39, 0.29) is 0 Å². The molecule has 1 saturated carbocycles. The molecule has 0 amide bonds. The van der Waals surface area contributed by atoms with Gasteiger partial charge in [0.1, 0.15) is 7.22 Å². The summed E-state index contributed by atoms with van der Waals surface area (Å²) in [5, 5.41) is 0.891. The normalized spacial score (nSPS) is 20.4. The van der Waals surface area contributed by atoms with Crippen molar-refractivity contribution in [3.63, 3.8) is 0 Å². The highest BCUT2D eigenvalue weighted by molar-refractivity contribution is 8.29. The summed E-state index contributed by atoms with van der Waals surface area (Å²) in [5.41, 5.74) is 2.77. The van der Waals surface area contributed by atoms with Crippen molar-refractivity contribution in [2.75, 3.05) is 0 Å². The quantitative estimate of drug-likeness (QED) is 0.700. The van der Waals surface area contributed by atoms with Gasteiger partial charge in [-0.15, -0.1) is 0 Å². The van der Waals surface area contributed by atoms with Crippen LogP contribution < -0.4 is 0 Å². The van der Waals surface area contributed by atoms with Gasteiger partial charge in [-0.25, -0.2) is 0 Å². The molecule has 1 aliphatic rings. The van der Waals surface area contributed by atoms with Crippen LogP contribution in [0.5, 0.6) is 0 Å². The van der Waals surface area contributed by atoms with Crippen molar-refractivity contribution >= 4 is 24.1 Å². The number of aliphatic imine (C=N–C) groups is 1. The van der Waals surface area contributed by atoms with Crippen LogP contribution in [0.1, 0.15) is 31.2 Å². The van der Waals surface area contributed by atoms with Crippen molar-refractivity contribution in [1.82, 2.24) is 0 Å². The topological polar surface area (TPSA) is 12.4 Å². The molecule has 0 radical (unpaired) electrons. The van der Waals surface area contributed by atoms with Crippen LogP contribution in [0.3, 0.4) is 0 Å². The van der Waals surface area contributed by atoms with Gasteiger partial charge < -0.3 is 0 Å². The van der Waals surface area contributed by atoms with Crippen LogP contribution >= 0.6 is 11.2 Å². The minimum Gasteiger partial charge on any atom is -0.289 e. The fourth-order valence-electron chi connectivity index (χ4n) is 2.49. The summed E-state index contributed by atoms with van der Waals surface area (Å²) in [6.07, 6.45) is 5.11. The van der Waals surface area contributed by atoms with Gasteiger partial charge in [-0.1, -0.05) is 50.0 Å². The molecule has 0 aliphatic heterocycles. The fraction of sp³-hybridized carbons (Fsp3) is 0.562. The lowest BCUT2D eigenvalue weighted by Gasteiger charge is -2.28. The lowest BCUT2D eigenvalue weighted by atomic mass is 9.98. The SMILES string of the molecule is C[Si](C)(C)SC1CCC(=NCc2ccccc2)CC1. The van der Waals surface area contributed by atoms with Crippen LogP contribution in [0, 0.1) is 0 Å². The molecule has 0 atom stereocenters. The number of nitrogens with zero attached hydrogens (tertiary/aromatic N) is 1. The Bertz CT molecular complexity index is 412. The van der Waals surface area contributed by atoms with Crippen LogP contribution in [-0.2, 0) is 6.54 Å². The van der Waals surface area contributed by atoms with E-state index in [4.69, 9.17) is 4.99 Å². The van der Waals surface area contributed by atoms with Gasteiger partial charge in [0, 0.05) is 5.71 Å².